The van der Waals surface area contributed by atoms with Crippen molar-refractivity contribution in [2.24, 2.45) is 0 Å². The molecule has 0 saturated heterocycles. The molecule has 1 aliphatic heterocycles. The standard InChI is InChI=1S/C25H24Cl3N3O2/c1-2-3-14-29(25(33)24(27)28)16-22(32)31-20-8-5-4-7-19(20)30-15-6-9-21(30)23(31)17-10-12-18(26)13-11-17/h4-13,15,23-24H,2-3,14,16H2,1H3. The van der Waals surface area contributed by atoms with Crippen molar-refractivity contribution in [2.45, 2.75) is 30.6 Å². The number of fused-ring (bicyclic) bond motifs is 3. The zero-order chi connectivity index (χ0) is 23.5. The van der Waals surface area contributed by atoms with Gasteiger partial charge in [-0.25, -0.2) is 0 Å². The Morgan fingerprint density at radius 3 is 2.36 bits per heavy atom. The molecule has 0 aliphatic carbocycles. The first-order valence-corrected chi connectivity index (χ1v) is 12.1. The molecule has 0 fully saturated rings. The number of nitrogens with zero attached hydrogens (tertiary/aromatic N) is 3. The minimum Gasteiger partial charge on any atom is -0.331 e. The summed E-state index contributed by atoms with van der Waals surface area (Å²) >= 11 is 17.9. The molecule has 1 unspecified atom stereocenters. The number of carbonyl (C=O) groups excluding carboxylic acids is 2. The van der Waals surface area contributed by atoms with Crippen LogP contribution in [0.5, 0.6) is 0 Å². The van der Waals surface area contributed by atoms with Gasteiger partial charge in [0.25, 0.3) is 5.91 Å². The summed E-state index contributed by atoms with van der Waals surface area (Å²) in [5.74, 6) is -0.676. The molecule has 0 bridgehead atoms. The number of alkyl halides is 2. The molecule has 1 aromatic heterocycles. The fourth-order valence-corrected chi connectivity index (χ4v) is 4.62. The van der Waals surface area contributed by atoms with E-state index in [1.54, 1.807) is 4.90 Å². The van der Waals surface area contributed by atoms with Gasteiger partial charge in [0.2, 0.25) is 5.91 Å². The van der Waals surface area contributed by atoms with Crippen molar-refractivity contribution in [3.05, 3.63) is 83.1 Å². The highest BCUT2D eigenvalue weighted by Crippen LogP contribution is 2.42. The van der Waals surface area contributed by atoms with E-state index in [-0.39, 0.29) is 18.5 Å². The number of amides is 2. The number of hydrogen-bond donors (Lipinski definition) is 0. The van der Waals surface area contributed by atoms with Crippen LogP contribution < -0.4 is 4.90 Å². The monoisotopic (exact) mass is 503 g/mol. The van der Waals surface area contributed by atoms with Crippen molar-refractivity contribution in [1.82, 2.24) is 9.47 Å². The Balaban J connectivity index is 1.78. The molecule has 33 heavy (non-hydrogen) atoms. The largest absolute Gasteiger partial charge is 0.331 e. The van der Waals surface area contributed by atoms with Crippen LogP contribution in [0.1, 0.15) is 37.1 Å². The molecule has 5 nitrogen and oxygen atoms in total. The fourth-order valence-electron chi connectivity index (χ4n) is 4.22. The number of rotatable bonds is 7. The summed E-state index contributed by atoms with van der Waals surface area (Å²) in [6.07, 6.45) is 3.61. The van der Waals surface area contributed by atoms with E-state index in [1.165, 1.54) is 4.90 Å². The fraction of sp³-hybridized carbons (Fsp3) is 0.280. The van der Waals surface area contributed by atoms with Gasteiger partial charge in [0.1, 0.15) is 12.6 Å². The molecule has 4 rings (SSSR count). The maximum atomic E-state index is 13.9. The van der Waals surface area contributed by atoms with Gasteiger partial charge in [0.05, 0.1) is 17.1 Å². The number of aromatic nitrogens is 1. The summed E-state index contributed by atoms with van der Waals surface area (Å²) in [6, 6.07) is 18.8. The smallest absolute Gasteiger partial charge is 0.256 e. The molecule has 3 aromatic rings. The second kappa shape index (κ2) is 10.2. The molecule has 8 heteroatoms. The normalized spacial score (nSPS) is 14.7. The first-order chi connectivity index (χ1) is 15.9. The van der Waals surface area contributed by atoms with Crippen LogP contribution in [0.25, 0.3) is 5.69 Å². The first-order valence-electron chi connectivity index (χ1n) is 10.8. The molecule has 172 valence electrons. The number of hydrogen-bond acceptors (Lipinski definition) is 2. The number of halogens is 3. The number of carbonyl (C=O) groups is 2. The van der Waals surface area contributed by atoms with E-state index in [0.29, 0.717) is 11.6 Å². The zero-order valence-electron chi connectivity index (χ0n) is 18.1. The molecule has 2 amide bonds. The third kappa shape index (κ3) is 4.77. The van der Waals surface area contributed by atoms with Crippen LogP contribution in [0.3, 0.4) is 0 Å². The molecular formula is C25H24Cl3N3O2. The summed E-state index contributed by atoms with van der Waals surface area (Å²) in [5, 5.41) is 0.620. The van der Waals surface area contributed by atoms with Crippen molar-refractivity contribution >= 4 is 52.3 Å². The van der Waals surface area contributed by atoms with Gasteiger partial charge in [-0.1, -0.05) is 72.4 Å². The maximum Gasteiger partial charge on any atom is 0.256 e. The maximum absolute atomic E-state index is 13.9. The Hall–Kier alpha value is -2.47. The van der Waals surface area contributed by atoms with Crippen molar-refractivity contribution < 1.29 is 9.59 Å². The van der Waals surface area contributed by atoms with E-state index in [1.807, 2.05) is 73.8 Å². The lowest BCUT2D eigenvalue weighted by molar-refractivity contribution is -0.134. The number of unbranched alkanes of at least 4 members (excludes halogenated alkanes) is 1. The van der Waals surface area contributed by atoms with Crippen LogP contribution in [0.2, 0.25) is 5.02 Å². The van der Waals surface area contributed by atoms with Crippen molar-refractivity contribution in [3.63, 3.8) is 0 Å². The van der Waals surface area contributed by atoms with Gasteiger partial charge in [-0.2, -0.15) is 0 Å². The van der Waals surface area contributed by atoms with E-state index < -0.39 is 10.7 Å². The number of anilines is 1. The van der Waals surface area contributed by atoms with Gasteiger partial charge in [0.15, 0.2) is 4.84 Å². The third-order valence-electron chi connectivity index (χ3n) is 5.78. The van der Waals surface area contributed by atoms with Crippen molar-refractivity contribution in [2.75, 3.05) is 18.0 Å². The zero-order valence-corrected chi connectivity index (χ0v) is 20.4. The molecular weight excluding hydrogens is 481 g/mol. The van der Waals surface area contributed by atoms with E-state index in [0.717, 1.165) is 35.5 Å². The van der Waals surface area contributed by atoms with E-state index >= 15 is 0 Å². The van der Waals surface area contributed by atoms with Crippen LogP contribution in [0, 0.1) is 0 Å². The molecule has 2 heterocycles. The summed E-state index contributed by atoms with van der Waals surface area (Å²) < 4.78 is 2.09. The average Bonchev–Trinajstić information content (AvgIpc) is 3.31. The SMILES string of the molecule is CCCCN(CC(=O)N1c2ccccc2-n2cccc2C1c1ccc(Cl)cc1)C(=O)C(Cl)Cl. The Morgan fingerprint density at radius 2 is 1.70 bits per heavy atom. The predicted octanol–water partition coefficient (Wildman–Crippen LogP) is 6.00. The van der Waals surface area contributed by atoms with Gasteiger partial charge in [-0.05, 0) is 48.4 Å². The molecule has 1 atom stereocenters. The highest BCUT2D eigenvalue weighted by atomic mass is 35.5. The summed E-state index contributed by atoms with van der Waals surface area (Å²) in [6.45, 7) is 2.32. The van der Waals surface area contributed by atoms with Crippen LogP contribution >= 0.6 is 34.8 Å². The minimum absolute atomic E-state index is 0.117. The number of benzene rings is 2. The predicted molar refractivity (Wildman–Crippen MR) is 134 cm³/mol. The highest BCUT2D eigenvalue weighted by molar-refractivity contribution is 6.53. The van der Waals surface area contributed by atoms with E-state index in [9.17, 15) is 9.59 Å². The first kappa shape index (κ1) is 23.7. The molecule has 0 saturated carbocycles. The Bertz CT molecular complexity index is 1140. The topological polar surface area (TPSA) is 45.6 Å². The van der Waals surface area contributed by atoms with Gasteiger partial charge in [0, 0.05) is 17.8 Å². The summed E-state index contributed by atoms with van der Waals surface area (Å²) in [4.78, 5) is 28.5. The quantitative estimate of drug-likeness (QED) is 0.371. The van der Waals surface area contributed by atoms with Gasteiger partial charge in [-0.15, -0.1) is 0 Å². The third-order valence-corrected chi connectivity index (χ3v) is 6.41. The van der Waals surface area contributed by atoms with E-state index in [4.69, 9.17) is 34.8 Å². The molecule has 0 spiro atoms. The van der Waals surface area contributed by atoms with Crippen LogP contribution in [-0.2, 0) is 9.59 Å². The van der Waals surface area contributed by atoms with Gasteiger partial charge < -0.3 is 9.47 Å². The molecule has 0 radical (unpaired) electrons. The van der Waals surface area contributed by atoms with Gasteiger partial charge >= 0.3 is 0 Å². The minimum atomic E-state index is -1.22. The molecule has 1 aliphatic rings. The Labute approximate surface area is 208 Å². The summed E-state index contributed by atoms with van der Waals surface area (Å²) in [5.41, 5.74) is 3.53. The Kier molecular flexibility index (Phi) is 7.32. The van der Waals surface area contributed by atoms with Crippen molar-refractivity contribution in [1.29, 1.82) is 0 Å². The molecule has 2 aromatic carbocycles. The average molecular weight is 505 g/mol. The van der Waals surface area contributed by atoms with Gasteiger partial charge in [-0.3, -0.25) is 14.5 Å². The lowest BCUT2D eigenvalue weighted by Crippen LogP contribution is -2.48. The second-order valence-electron chi connectivity index (χ2n) is 7.92. The lowest BCUT2D eigenvalue weighted by Gasteiger charge is -2.39. The Morgan fingerprint density at radius 1 is 1.00 bits per heavy atom. The van der Waals surface area contributed by atoms with E-state index in [2.05, 4.69) is 4.57 Å². The second-order valence-corrected chi connectivity index (χ2v) is 9.46. The van der Waals surface area contributed by atoms with Crippen LogP contribution in [0.15, 0.2) is 66.9 Å². The highest BCUT2D eigenvalue weighted by Gasteiger charge is 2.37. The lowest BCUT2D eigenvalue weighted by atomic mass is 9.97. The van der Waals surface area contributed by atoms with Crippen LogP contribution in [0.4, 0.5) is 5.69 Å². The molecule has 0 N–H and O–H groups in total. The van der Waals surface area contributed by atoms with Crippen molar-refractivity contribution in [3.8, 4) is 5.69 Å². The summed E-state index contributed by atoms with van der Waals surface area (Å²) in [7, 11) is 0. The number of para-hydroxylation sites is 2. The van der Waals surface area contributed by atoms with Crippen LogP contribution in [-0.4, -0.2) is 39.2 Å².